The number of methoxy groups -OCH3 is 2. The number of aromatic hydroxyl groups is 2. The first-order valence-corrected chi connectivity index (χ1v) is 16.2. The summed E-state index contributed by atoms with van der Waals surface area (Å²) in [5, 5.41) is 22.0. The van der Waals surface area contributed by atoms with Gasteiger partial charge in [-0.3, -0.25) is 9.44 Å². The Morgan fingerprint density at radius 2 is 0.956 bits per heavy atom. The number of esters is 2. The molecule has 4 aromatic carbocycles. The van der Waals surface area contributed by atoms with Crippen LogP contribution in [0.2, 0.25) is 0 Å². The van der Waals surface area contributed by atoms with Gasteiger partial charge in [0.05, 0.1) is 35.4 Å². The Kier molecular flexibility index (Phi) is 9.39. The number of carbonyl (C=O) groups excluding carboxylic acids is 2. The highest BCUT2D eigenvalue weighted by Crippen LogP contribution is 2.36. The molecule has 45 heavy (non-hydrogen) atoms. The van der Waals surface area contributed by atoms with Crippen molar-refractivity contribution in [2.24, 2.45) is 0 Å². The Morgan fingerprint density at radius 1 is 0.622 bits per heavy atom. The van der Waals surface area contributed by atoms with Crippen molar-refractivity contribution in [2.45, 2.75) is 30.1 Å². The van der Waals surface area contributed by atoms with Crippen LogP contribution in [-0.2, 0) is 35.9 Å². The quantitative estimate of drug-likeness (QED) is 0.140. The van der Waals surface area contributed by atoms with Crippen LogP contribution < -0.4 is 9.44 Å². The molecule has 4 N–H and O–H groups in total. The lowest BCUT2D eigenvalue weighted by Gasteiger charge is -2.17. The van der Waals surface area contributed by atoms with Crippen molar-refractivity contribution in [1.29, 1.82) is 0 Å². The van der Waals surface area contributed by atoms with E-state index in [0.29, 0.717) is 0 Å². The number of ether oxygens (including phenoxy) is 2. The van der Waals surface area contributed by atoms with Crippen LogP contribution in [0.3, 0.4) is 0 Å². The van der Waals surface area contributed by atoms with Gasteiger partial charge in [-0.25, -0.2) is 26.4 Å². The lowest BCUT2D eigenvalue weighted by atomic mass is 9.97. The van der Waals surface area contributed by atoms with Crippen molar-refractivity contribution in [3.8, 4) is 11.5 Å². The van der Waals surface area contributed by atoms with Crippen molar-refractivity contribution < 1.29 is 46.1 Å². The van der Waals surface area contributed by atoms with E-state index in [0.717, 1.165) is 37.5 Å². The molecule has 0 atom stereocenters. The van der Waals surface area contributed by atoms with Gasteiger partial charge in [0, 0.05) is 17.5 Å². The number of nitrogens with one attached hydrogen (secondary N) is 2. The van der Waals surface area contributed by atoms with Crippen molar-refractivity contribution in [2.75, 3.05) is 23.7 Å². The second-order valence-corrected chi connectivity index (χ2v) is 13.4. The van der Waals surface area contributed by atoms with Gasteiger partial charge in [-0.2, -0.15) is 0 Å². The van der Waals surface area contributed by atoms with Crippen LogP contribution in [0.1, 0.15) is 43.0 Å². The monoisotopic (exact) mass is 654 g/mol. The predicted octanol–water partition coefficient (Wildman–Crippen LogP) is 4.48. The first kappa shape index (κ1) is 32.8. The van der Waals surface area contributed by atoms with Gasteiger partial charge in [0.2, 0.25) is 0 Å². The fourth-order valence-electron chi connectivity index (χ4n) is 4.38. The summed E-state index contributed by atoms with van der Waals surface area (Å²) in [5.74, 6) is -3.15. The predicted molar refractivity (Wildman–Crippen MR) is 166 cm³/mol. The third-order valence-corrected chi connectivity index (χ3v) is 9.53. The van der Waals surface area contributed by atoms with Gasteiger partial charge in [-0.1, -0.05) is 35.4 Å². The molecule has 0 aliphatic carbocycles. The van der Waals surface area contributed by atoms with Crippen molar-refractivity contribution >= 4 is 43.4 Å². The summed E-state index contributed by atoms with van der Waals surface area (Å²) in [6.07, 6.45) is -0.397. The van der Waals surface area contributed by atoms with E-state index in [9.17, 15) is 36.6 Å². The molecule has 14 heteroatoms. The summed E-state index contributed by atoms with van der Waals surface area (Å²) in [4.78, 5) is 24.9. The zero-order valence-corrected chi connectivity index (χ0v) is 26.2. The number of benzene rings is 4. The molecule has 0 amide bonds. The Morgan fingerprint density at radius 3 is 1.27 bits per heavy atom. The lowest BCUT2D eigenvalue weighted by molar-refractivity contribution is 0.0588. The van der Waals surface area contributed by atoms with E-state index in [1.165, 1.54) is 36.4 Å². The highest BCUT2D eigenvalue weighted by molar-refractivity contribution is 7.93. The molecule has 0 bridgehead atoms. The van der Waals surface area contributed by atoms with Gasteiger partial charge in [-0.15, -0.1) is 0 Å². The molecule has 12 nitrogen and oxygen atoms in total. The van der Waals surface area contributed by atoms with Gasteiger partial charge in [0.15, 0.2) is 0 Å². The maximum absolute atomic E-state index is 13.1. The number of rotatable bonds is 10. The SMILES string of the molecule is COC(=O)c1cc(NS(=O)(=O)c2ccc(C)cc2)cc(Cc2cc(NS(=O)(=O)c3ccc(C)cc3)cc(C(=O)OC)c2O)c1O. The molecular weight excluding hydrogens is 624 g/mol. The Hall–Kier alpha value is -5.08. The molecule has 4 rings (SSSR count). The molecule has 4 aromatic rings. The van der Waals surface area contributed by atoms with Gasteiger partial charge < -0.3 is 19.7 Å². The zero-order valence-electron chi connectivity index (χ0n) is 24.6. The third kappa shape index (κ3) is 7.36. The molecule has 0 aromatic heterocycles. The highest BCUT2D eigenvalue weighted by atomic mass is 32.2. The lowest BCUT2D eigenvalue weighted by Crippen LogP contribution is -2.15. The maximum atomic E-state index is 13.1. The molecule has 0 unspecified atom stereocenters. The van der Waals surface area contributed by atoms with Crippen LogP contribution >= 0.6 is 0 Å². The minimum Gasteiger partial charge on any atom is -0.507 e. The average Bonchev–Trinajstić information content (AvgIpc) is 2.99. The molecule has 0 aliphatic heterocycles. The minimum absolute atomic E-state index is 0.0590. The second kappa shape index (κ2) is 12.9. The van der Waals surface area contributed by atoms with Crippen LogP contribution in [0, 0.1) is 13.8 Å². The van der Waals surface area contributed by atoms with Gasteiger partial charge >= 0.3 is 11.9 Å². The number of sulfonamides is 2. The van der Waals surface area contributed by atoms with E-state index in [1.807, 2.05) is 0 Å². The molecule has 0 heterocycles. The summed E-state index contributed by atoms with van der Waals surface area (Å²) in [6.45, 7) is 3.59. The number of hydrogen-bond acceptors (Lipinski definition) is 10. The van der Waals surface area contributed by atoms with E-state index in [1.54, 1.807) is 38.1 Å². The van der Waals surface area contributed by atoms with Crippen LogP contribution in [0.4, 0.5) is 11.4 Å². The van der Waals surface area contributed by atoms with Crippen molar-refractivity contribution in [1.82, 2.24) is 0 Å². The van der Waals surface area contributed by atoms with E-state index < -0.39 is 49.9 Å². The summed E-state index contributed by atoms with van der Waals surface area (Å²) < 4.78 is 66.6. The number of phenols is 2. The number of hydrogen-bond donors (Lipinski definition) is 4. The van der Waals surface area contributed by atoms with Crippen molar-refractivity contribution in [3.63, 3.8) is 0 Å². The average molecular weight is 655 g/mol. The molecule has 0 aliphatic rings. The van der Waals surface area contributed by atoms with E-state index >= 15 is 0 Å². The van der Waals surface area contributed by atoms with E-state index in [4.69, 9.17) is 9.47 Å². The van der Waals surface area contributed by atoms with E-state index in [-0.39, 0.29) is 43.4 Å². The first-order chi connectivity index (χ1) is 21.1. The fourth-order valence-corrected chi connectivity index (χ4v) is 6.46. The van der Waals surface area contributed by atoms with Crippen LogP contribution in [0.15, 0.2) is 82.6 Å². The summed E-state index contributed by atoms with van der Waals surface area (Å²) in [7, 11) is -6.13. The third-order valence-electron chi connectivity index (χ3n) is 6.74. The first-order valence-electron chi connectivity index (χ1n) is 13.2. The molecule has 0 saturated carbocycles. The number of anilines is 2. The topological polar surface area (TPSA) is 185 Å². The highest BCUT2D eigenvalue weighted by Gasteiger charge is 2.24. The maximum Gasteiger partial charge on any atom is 0.341 e. The van der Waals surface area contributed by atoms with Gasteiger partial charge in [0.25, 0.3) is 20.0 Å². The summed E-state index contributed by atoms with van der Waals surface area (Å²) in [6, 6.07) is 16.7. The normalized spacial score (nSPS) is 11.5. The zero-order chi connectivity index (χ0) is 33.1. The molecule has 0 saturated heterocycles. The number of carbonyl (C=O) groups is 2. The van der Waals surface area contributed by atoms with E-state index in [2.05, 4.69) is 9.44 Å². The van der Waals surface area contributed by atoms with Crippen molar-refractivity contribution in [3.05, 3.63) is 106 Å². The standard InChI is InChI=1S/C31H30N2O10S2/c1-18-5-9-24(10-6-18)44(38,39)32-22-14-20(28(34)26(16-22)30(36)42-3)13-21-15-23(17-27(29(21)35)31(37)43-4)33-45(40,41)25-11-7-19(2)8-12-25/h5-12,14-17,32-35H,13H2,1-4H3. The van der Waals surface area contributed by atoms with Crippen LogP contribution in [-0.4, -0.2) is 53.2 Å². The minimum atomic E-state index is -4.14. The van der Waals surface area contributed by atoms with Gasteiger partial charge in [-0.05, 0) is 62.4 Å². The fraction of sp³-hybridized carbons (Fsp3) is 0.161. The second-order valence-electron chi connectivity index (χ2n) is 10.1. The molecule has 236 valence electrons. The largest absolute Gasteiger partial charge is 0.507 e. The summed E-state index contributed by atoms with van der Waals surface area (Å²) >= 11 is 0. The van der Waals surface area contributed by atoms with Crippen LogP contribution in [0.5, 0.6) is 11.5 Å². The molecule has 0 radical (unpaired) electrons. The molecule has 0 fully saturated rings. The number of aryl methyl sites for hydroxylation is 2. The Labute approximate surface area is 260 Å². The Balaban J connectivity index is 1.81. The van der Waals surface area contributed by atoms with Crippen LogP contribution in [0.25, 0.3) is 0 Å². The van der Waals surface area contributed by atoms with Gasteiger partial charge in [0.1, 0.15) is 22.6 Å². The molecular formula is C31H30N2O10S2. The Bertz CT molecular complexity index is 1840. The molecule has 0 spiro atoms. The number of phenolic OH excluding ortho intramolecular Hbond substituents is 2. The summed E-state index contributed by atoms with van der Waals surface area (Å²) in [5.41, 5.74) is 0.529. The smallest absolute Gasteiger partial charge is 0.341 e.